The molecule has 0 fully saturated rings. The van der Waals surface area contributed by atoms with Crippen molar-refractivity contribution in [1.82, 2.24) is 14.8 Å². The number of benzene rings is 3. The van der Waals surface area contributed by atoms with Crippen LogP contribution in [0, 0.1) is 0 Å². The molecular weight excluding hydrogens is 448 g/mol. The summed E-state index contributed by atoms with van der Waals surface area (Å²) in [5.74, 6) is 0.0839. The molecule has 36 heavy (non-hydrogen) atoms. The van der Waals surface area contributed by atoms with Crippen LogP contribution in [0.25, 0.3) is 33.0 Å². The SMILES string of the molecule is CC(C)(O)Cn1cc(-c2ccc(-c3cncc4ccc(N5C(=O)Cc6ccccc65)cc34)cc2)cn1. The minimum atomic E-state index is -0.824. The monoisotopic (exact) mass is 474 g/mol. The topological polar surface area (TPSA) is 71.2 Å². The number of carbonyl (C=O) groups is 1. The Bertz CT molecular complexity index is 1600. The van der Waals surface area contributed by atoms with E-state index in [-0.39, 0.29) is 5.91 Å². The van der Waals surface area contributed by atoms with Crippen LogP contribution in [0.15, 0.2) is 91.5 Å². The van der Waals surface area contributed by atoms with Crippen LogP contribution in [0.1, 0.15) is 19.4 Å². The highest BCUT2D eigenvalue weighted by molar-refractivity contribution is 6.09. The summed E-state index contributed by atoms with van der Waals surface area (Å²) in [6.45, 7) is 3.97. The molecule has 178 valence electrons. The van der Waals surface area contributed by atoms with E-state index in [1.54, 1.807) is 18.5 Å². The third-order valence-electron chi connectivity index (χ3n) is 6.54. The number of fused-ring (bicyclic) bond motifs is 2. The van der Waals surface area contributed by atoms with E-state index >= 15 is 0 Å². The number of anilines is 2. The molecule has 1 amide bonds. The highest BCUT2D eigenvalue weighted by Crippen LogP contribution is 2.38. The van der Waals surface area contributed by atoms with E-state index in [1.807, 2.05) is 66.1 Å². The number of carbonyl (C=O) groups excluding carboxylic acids is 1. The molecule has 3 heterocycles. The third-order valence-corrected chi connectivity index (χ3v) is 6.54. The highest BCUT2D eigenvalue weighted by Gasteiger charge is 2.28. The minimum Gasteiger partial charge on any atom is -0.389 e. The molecule has 2 aromatic heterocycles. The van der Waals surface area contributed by atoms with Crippen molar-refractivity contribution in [2.24, 2.45) is 0 Å². The highest BCUT2D eigenvalue weighted by atomic mass is 16.3. The molecule has 0 aliphatic carbocycles. The number of rotatable bonds is 5. The van der Waals surface area contributed by atoms with Crippen molar-refractivity contribution in [1.29, 1.82) is 0 Å². The fraction of sp³-hybridized carbons (Fsp3) is 0.167. The van der Waals surface area contributed by atoms with Crippen molar-refractivity contribution in [2.75, 3.05) is 4.90 Å². The smallest absolute Gasteiger partial charge is 0.236 e. The molecule has 0 spiro atoms. The summed E-state index contributed by atoms with van der Waals surface area (Å²) in [4.78, 5) is 19.1. The summed E-state index contributed by atoms with van der Waals surface area (Å²) in [5.41, 5.74) is 6.15. The molecule has 0 bridgehead atoms. The molecule has 6 rings (SSSR count). The minimum absolute atomic E-state index is 0.0839. The Morgan fingerprint density at radius 3 is 2.50 bits per heavy atom. The van der Waals surface area contributed by atoms with Crippen LogP contribution in [0.5, 0.6) is 0 Å². The largest absolute Gasteiger partial charge is 0.389 e. The molecule has 0 saturated carbocycles. The third kappa shape index (κ3) is 4.06. The zero-order valence-corrected chi connectivity index (χ0v) is 20.2. The summed E-state index contributed by atoms with van der Waals surface area (Å²) in [6.07, 6.45) is 7.92. The first-order valence-electron chi connectivity index (χ1n) is 12.0. The molecular formula is C30H26N4O2. The predicted molar refractivity (Wildman–Crippen MR) is 142 cm³/mol. The van der Waals surface area contributed by atoms with Gasteiger partial charge in [0.25, 0.3) is 0 Å². The van der Waals surface area contributed by atoms with Gasteiger partial charge in [-0.1, -0.05) is 48.5 Å². The first-order valence-corrected chi connectivity index (χ1v) is 12.0. The summed E-state index contributed by atoms with van der Waals surface area (Å²) >= 11 is 0. The fourth-order valence-electron chi connectivity index (χ4n) is 4.90. The van der Waals surface area contributed by atoms with Crippen LogP contribution in [0.2, 0.25) is 0 Å². The molecule has 0 unspecified atom stereocenters. The summed E-state index contributed by atoms with van der Waals surface area (Å²) in [6, 6.07) is 22.4. The standard InChI is InChI=1S/C30H26N4O2/c1-30(2,36)19-33-18-24(16-32-33)20-7-9-21(10-8-20)27-17-31-15-23-11-12-25(14-26(23)27)34-28-6-4-3-5-22(28)13-29(34)35/h3-12,14-18,36H,13,19H2,1-2H3. The summed E-state index contributed by atoms with van der Waals surface area (Å²) in [5, 5.41) is 16.5. The van der Waals surface area contributed by atoms with Gasteiger partial charge in [-0.05, 0) is 54.1 Å². The molecule has 0 atom stereocenters. The maximum atomic E-state index is 12.9. The number of hydrogen-bond acceptors (Lipinski definition) is 4. The van der Waals surface area contributed by atoms with Crippen molar-refractivity contribution in [2.45, 2.75) is 32.4 Å². The molecule has 1 N–H and O–H groups in total. The quantitative estimate of drug-likeness (QED) is 0.352. The number of hydrogen-bond donors (Lipinski definition) is 1. The fourth-order valence-corrected chi connectivity index (χ4v) is 4.90. The molecule has 1 aliphatic rings. The number of pyridine rings is 1. The lowest BCUT2D eigenvalue weighted by Gasteiger charge is -2.19. The Hall–Kier alpha value is -4.29. The average Bonchev–Trinajstić information content (AvgIpc) is 3.45. The van der Waals surface area contributed by atoms with Gasteiger partial charge in [0.2, 0.25) is 5.91 Å². The van der Waals surface area contributed by atoms with Crippen LogP contribution < -0.4 is 4.90 Å². The summed E-state index contributed by atoms with van der Waals surface area (Å²) < 4.78 is 1.76. The van der Waals surface area contributed by atoms with Gasteiger partial charge < -0.3 is 5.11 Å². The van der Waals surface area contributed by atoms with E-state index in [0.29, 0.717) is 13.0 Å². The number of para-hydroxylation sites is 1. The van der Waals surface area contributed by atoms with Crippen molar-refractivity contribution >= 4 is 28.1 Å². The van der Waals surface area contributed by atoms with Crippen molar-refractivity contribution in [3.8, 4) is 22.3 Å². The first-order chi connectivity index (χ1) is 17.4. The van der Waals surface area contributed by atoms with Crippen LogP contribution in [-0.4, -0.2) is 31.4 Å². The van der Waals surface area contributed by atoms with E-state index in [9.17, 15) is 9.90 Å². The lowest BCUT2D eigenvalue weighted by atomic mass is 9.98. The summed E-state index contributed by atoms with van der Waals surface area (Å²) in [7, 11) is 0. The van der Waals surface area contributed by atoms with Crippen molar-refractivity contribution in [3.05, 3.63) is 97.1 Å². The van der Waals surface area contributed by atoms with Gasteiger partial charge in [0.05, 0.1) is 30.5 Å². The van der Waals surface area contributed by atoms with Crippen molar-refractivity contribution in [3.63, 3.8) is 0 Å². The Balaban J connectivity index is 1.35. The molecule has 6 nitrogen and oxygen atoms in total. The van der Waals surface area contributed by atoms with Crippen molar-refractivity contribution < 1.29 is 9.90 Å². The van der Waals surface area contributed by atoms with Crippen LogP contribution in [0.4, 0.5) is 11.4 Å². The molecule has 6 heteroatoms. The Labute approximate surface area is 209 Å². The van der Waals surface area contributed by atoms with Crippen LogP contribution in [0.3, 0.4) is 0 Å². The lowest BCUT2D eigenvalue weighted by molar-refractivity contribution is -0.116. The Morgan fingerprint density at radius 2 is 1.69 bits per heavy atom. The predicted octanol–water partition coefficient (Wildman–Crippen LogP) is 5.76. The number of aromatic nitrogens is 3. The Morgan fingerprint density at radius 1 is 0.917 bits per heavy atom. The van der Waals surface area contributed by atoms with Crippen LogP contribution >= 0.6 is 0 Å². The maximum absolute atomic E-state index is 12.9. The second kappa shape index (κ2) is 8.43. The van der Waals surface area contributed by atoms with E-state index < -0.39 is 5.60 Å². The number of amides is 1. The van der Waals surface area contributed by atoms with Gasteiger partial charge in [0, 0.05) is 40.8 Å². The van der Waals surface area contributed by atoms with Gasteiger partial charge in [0.1, 0.15) is 0 Å². The molecule has 0 radical (unpaired) electrons. The molecule has 1 aliphatic heterocycles. The molecule has 3 aromatic carbocycles. The molecule has 5 aromatic rings. The lowest BCUT2D eigenvalue weighted by Crippen LogP contribution is -2.26. The second-order valence-corrected chi connectivity index (χ2v) is 9.94. The maximum Gasteiger partial charge on any atom is 0.236 e. The first kappa shape index (κ1) is 22.2. The zero-order valence-electron chi connectivity index (χ0n) is 20.2. The number of aliphatic hydroxyl groups is 1. The van der Waals surface area contributed by atoms with Gasteiger partial charge in [0.15, 0.2) is 0 Å². The zero-order chi connectivity index (χ0) is 24.9. The van der Waals surface area contributed by atoms with Crippen LogP contribution in [-0.2, 0) is 17.8 Å². The van der Waals surface area contributed by atoms with E-state index in [0.717, 1.165) is 50.0 Å². The Kier molecular flexibility index (Phi) is 5.20. The van der Waals surface area contributed by atoms with E-state index in [1.165, 1.54) is 0 Å². The van der Waals surface area contributed by atoms with Gasteiger partial charge in [-0.15, -0.1) is 0 Å². The van der Waals surface area contributed by atoms with Gasteiger partial charge >= 0.3 is 0 Å². The van der Waals surface area contributed by atoms with Gasteiger partial charge in [-0.3, -0.25) is 19.4 Å². The van der Waals surface area contributed by atoms with E-state index in [2.05, 4.69) is 40.4 Å². The van der Waals surface area contributed by atoms with Gasteiger partial charge in [-0.2, -0.15) is 5.10 Å². The normalized spacial score (nSPS) is 13.4. The molecule has 0 saturated heterocycles. The van der Waals surface area contributed by atoms with E-state index in [4.69, 9.17) is 0 Å². The second-order valence-electron chi connectivity index (χ2n) is 9.94. The number of nitrogens with zero attached hydrogens (tertiary/aromatic N) is 4. The van der Waals surface area contributed by atoms with Gasteiger partial charge in [-0.25, -0.2) is 0 Å². The average molecular weight is 475 g/mol.